The SMILES string of the molecule is CN(CCCC(=O)N1CCC(CCCN2CCCC2)(c2cccnc2)CC1)S(=O)(=O)c1cccc(C(F)(F)F)c1. The summed E-state index contributed by atoms with van der Waals surface area (Å²) in [7, 11) is -2.78. The first-order valence-electron chi connectivity index (χ1n) is 14.1. The number of benzene rings is 1. The molecule has 11 heteroatoms. The van der Waals surface area contributed by atoms with Gasteiger partial charge in [0.05, 0.1) is 10.5 Å². The van der Waals surface area contributed by atoms with Gasteiger partial charge in [-0.25, -0.2) is 12.7 Å². The Morgan fingerprint density at radius 2 is 1.77 bits per heavy atom. The Morgan fingerprint density at radius 1 is 1.05 bits per heavy atom. The molecule has 0 saturated carbocycles. The minimum atomic E-state index is -4.63. The molecule has 0 bridgehead atoms. The molecule has 0 radical (unpaired) electrons. The van der Waals surface area contributed by atoms with E-state index in [1.807, 2.05) is 17.2 Å². The lowest BCUT2D eigenvalue weighted by molar-refractivity contribution is -0.137. The molecule has 220 valence electrons. The molecular formula is C29H39F3N4O3S. The summed E-state index contributed by atoms with van der Waals surface area (Å²) in [6.45, 7) is 4.76. The van der Waals surface area contributed by atoms with Crippen LogP contribution in [0.5, 0.6) is 0 Å². The average Bonchev–Trinajstić information content (AvgIpc) is 3.47. The zero-order valence-corrected chi connectivity index (χ0v) is 23.9. The summed E-state index contributed by atoms with van der Waals surface area (Å²) in [5, 5.41) is 0. The van der Waals surface area contributed by atoms with Crippen LogP contribution in [-0.4, -0.2) is 79.7 Å². The van der Waals surface area contributed by atoms with Gasteiger partial charge in [0.1, 0.15) is 0 Å². The van der Waals surface area contributed by atoms with E-state index in [2.05, 4.69) is 16.0 Å². The largest absolute Gasteiger partial charge is 0.416 e. The smallest absolute Gasteiger partial charge is 0.343 e. The molecule has 1 aromatic carbocycles. The fourth-order valence-corrected chi connectivity index (χ4v) is 7.19. The second kappa shape index (κ2) is 13.0. The van der Waals surface area contributed by atoms with Gasteiger partial charge in [-0.15, -0.1) is 0 Å². The first-order valence-corrected chi connectivity index (χ1v) is 15.5. The van der Waals surface area contributed by atoms with Gasteiger partial charge in [0.15, 0.2) is 0 Å². The van der Waals surface area contributed by atoms with Gasteiger partial charge in [0.2, 0.25) is 15.9 Å². The number of hydrogen-bond acceptors (Lipinski definition) is 5. The molecule has 2 aliphatic rings. The van der Waals surface area contributed by atoms with Crippen LogP contribution < -0.4 is 0 Å². The number of aromatic nitrogens is 1. The average molecular weight is 581 g/mol. The van der Waals surface area contributed by atoms with Crippen LogP contribution in [0.15, 0.2) is 53.7 Å². The van der Waals surface area contributed by atoms with E-state index >= 15 is 0 Å². The van der Waals surface area contributed by atoms with E-state index in [1.54, 1.807) is 6.20 Å². The number of halogens is 3. The maximum Gasteiger partial charge on any atom is 0.416 e. The number of carbonyl (C=O) groups excluding carboxylic acids is 1. The number of amides is 1. The predicted molar refractivity (Wildman–Crippen MR) is 147 cm³/mol. The highest BCUT2D eigenvalue weighted by Gasteiger charge is 2.37. The third kappa shape index (κ3) is 7.41. The van der Waals surface area contributed by atoms with Crippen molar-refractivity contribution < 1.29 is 26.4 Å². The second-order valence-electron chi connectivity index (χ2n) is 11.0. The summed E-state index contributed by atoms with van der Waals surface area (Å²) in [5.74, 6) is -0.0262. The molecule has 2 aliphatic heterocycles. The van der Waals surface area contributed by atoms with Crippen LogP contribution in [0, 0.1) is 0 Å². The van der Waals surface area contributed by atoms with Gasteiger partial charge in [-0.3, -0.25) is 9.78 Å². The summed E-state index contributed by atoms with van der Waals surface area (Å²) < 4.78 is 65.8. The maximum atomic E-state index is 13.0. The van der Waals surface area contributed by atoms with Crippen molar-refractivity contribution in [3.63, 3.8) is 0 Å². The monoisotopic (exact) mass is 580 g/mol. The van der Waals surface area contributed by atoms with Gasteiger partial charge in [0.25, 0.3) is 0 Å². The molecule has 2 aromatic rings. The Bertz CT molecular complexity index is 1230. The minimum absolute atomic E-state index is 0.00991. The van der Waals surface area contributed by atoms with Crippen LogP contribution in [0.4, 0.5) is 13.2 Å². The van der Waals surface area contributed by atoms with Crippen molar-refractivity contribution >= 4 is 15.9 Å². The van der Waals surface area contributed by atoms with E-state index in [0.717, 1.165) is 54.7 Å². The highest BCUT2D eigenvalue weighted by Crippen LogP contribution is 2.40. The van der Waals surface area contributed by atoms with Crippen LogP contribution in [0.1, 0.15) is 62.5 Å². The Labute approximate surface area is 235 Å². The molecule has 2 fully saturated rings. The van der Waals surface area contributed by atoms with E-state index in [4.69, 9.17) is 0 Å². The van der Waals surface area contributed by atoms with Gasteiger partial charge < -0.3 is 9.80 Å². The third-order valence-electron chi connectivity index (χ3n) is 8.41. The topological polar surface area (TPSA) is 73.8 Å². The van der Waals surface area contributed by atoms with Crippen molar-refractivity contribution in [2.24, 2.45) is 0 Å². The number of rotatable bonds is 11. The number of sulfonamides is 1. The van der Waals surface area contributed by atoms with Crippen molar-refractivity contribution in [3.8, 4) is 0 Å². The zero-order chi connectivity index (χ0) is 28.8. The van der Waals surface area contributed by atoms with Gasteiger partial charge in [-0.05, 0) is 94.4 Å². The van der Waals surface area contributed by atoms with Crippen LogP contribution in [-0.2, 0) is 26.4 Å². The van der Waals surface area contributed by atoms with E-state index in [-0.39, 0.29) is 30.7 Å². The second-order valence-corrected chi connectivity index (χ2v) is 13.1. The number of nitrogens with zero attached hydrogens (tertiary/aromatic N) is 4. The summed E-state index contributed by atoms with van der Waals surface area (Å²) in [5.41, 5.74) is 0.204. The number of piperidine rings is 1. The fraction of sp³-hybridized carbons (Fsp3) is 0.586. The van der Waals surface area contributed by atoms with E-state index in [1.165, 1.54) is 38.5 Å². The summed E-state index contributed by atoms with van der Waals surface area (Å²) >= 11 is 0. The van der Waals surface area contributed by atoms with Crippen molar-refractivity contribution in [2.45, 2.75) is 67.9 Å². The van der Waals surface area contributed by atoms with Crippen LogP contribution in [0.2, 0.25) is 0 Å². The van der Waals surface area contributed by atoms with Crippen LogP contribution in [0.25, 0.3) is 0 Å². The molecule has 2 saturated heterocycles. The van der Waals surface area contributed by atoms with Crippen molar-refractivity contribution in [1.82, 2.24) is 19.1 Å². The Morgan fingerprint density at radius 3 is 2.42 bits per heavy atom. The van der Waals surface area contributed by atoms with Gasteiger partial charge in [-0.2, -0.15) is 13.2 Å². The Balaban J connectivity index is 1.29. The van der Waals surface area contributed by atoms with Crippen molar-refractivity contribution in [3.05, 3.63) is 59.9 Å². The highest BCUT2D eigenvalue weighted by molar-refractivity contribution is 7.89. The standard InChI is InChI=1S/C29H39F3N4O3S/c1-34(40(38,39)26-10-4-8-24(22-26)29(30,31)32)16-6-11-27(37)36-20-13-28(14-21-36,25-9-5-15-33-23-25)12-7-19-35-17-2-3-18-35/h4-5,8-10,15,22-23H,2-3,6-7,11-14,16-21H2,1H3. The minimum Gasteiger partial charge on any atom is -0.343 e. The Hall–Kier alpha value is -2.50. The number of pyridine rings is 1. The predicted octanol–water partition coefficient (Wildman–Crippen LogP) is 4.94. The van der Waals surface area contributed by atoms with Crippen molar-refractivity contribution in [1.29, 1.82) is 0 Å². The first kappa shape index (κ1) is 30.5. The number of hydrogen-bond donors (Lipinski definition) is 0. The zero-order valence-electron chi connectivity index (χ0n) is 23.1. The first-order chi connectivity index (χ1) is 19.0. The highest BCUT2D eigenvalue weighted by atomic mass is 32.2. The molecule has 0 N–H and O–H groups in total. The van der Waals surface area contributed by atoms with E-state index < -0.39 is 26.7 Å². The quantitative estimate of drug-likeness (QED) is 0.377. The lowest BCUT2D eigenvalue weighted by atomic mass is 9.70. The molecule has 4 rings (SSSR count). The molecule has 1 amide bonds. The number of likely N-dealkylation sites (tertiary alicyclic amines) is 2. The normalized spacial score (nSPS) is 18.4. The van der Waals surface area contributed by atoms with Crippen molar-refractivity contribution in [2.75, 3.05) is 46.3 Å². The third-order valence-corrected chi connectivity index (χ3v) is 10.3. The molecule has 0 spiro atoms. The van der Waals surface area contributed by atoms with Gasteiger partial charge in [-0.1, -0.05) is 12.1 Å². The van der Waals surface area contributed by atoms with Crippen LogP contribution >= 0.6 is 0 Å². The van der Waals surface area contributed by atoms with Gasteiger partial charge in [0, 0.05) is 50.9 Å². The fourth-order valence-electron chi connectivity index (χ4n) is 5.93. The maximum absolute atomic E-state index is 13.0. The lowest BCUT2D eigenvalue weighted by Gasteiger charge is -2.42. The van der Waals surface area contributed by atoms with E-state index in [0.29, 0.717) is 19.2 Å². The van der Waals surface area contributed by atoms with Gasteiger partial charge >= 0.3 is 6.18 Å². The molecule has 1 aromatic heterocycles. The summed E-state index contributed by atoms with van der Waals surface area (Å²) in [6, 6.07) is 7.83. The van der Waals surface area contributed by atoms with E-state index in [9.17, 15) is 26.4 Å². The molecule has 0 atom stereocenters. The lowest BCUT2D eigenvalue weighted by Crippen LogP contribution is -2.45. The van der Waals surface area contributed by atoms with Crippen LogP contribution in [0.3, 0.4) is 0 Å². The molecule has 40 heavy (non-hydrogen) atoms. The molecular weight excluding hydrogens is 541 g/mol. The molecule has 0 unspecified atom stereocenters. The summed E-state index contributed by atoms with van der Waals surface area (Å²) in [6.07, 6.45) is 5.99. The number of alkyl halides is 3. The Kier molecular flexibility index (Phi) is 9.89. The number of carbonyl (C=O) groups is 1. The molecule has 3 heterocycles. The summed E-state index contributed by atoms with van der Waals surface area (Å²) in [4.78, 5) is 21.3. The molecule has 7 nitrogen and oxygen atoms in total. The molecule has 0 aliphatic carbocycles.